The maximum atomic E-state index is 14.0. The Morgan fingerprint density at radius 2 is 1.94 bits per heavy atom. The van der Waals surface area contributed by atoms with Gasteiger partial charge in [0, 0.05) is 29.1 Å². The van der Waals surface area contributed by atoms with E-state index in [1.807, 2.05) is 18.2 Å². The van der Waals surface area contributed by atoms with Gasteiger partial charge < -0.3 is 9.84 Å². The Hall–Kier alpha value is -3.54. The topological polar surface area (TPSA) is 59.4 Å². The average Bonchev–Trinajstić information content (AvgIpc) is 2.75. The first-order chi connectivity index (χ1) is 15.0. The molecule has 0 saturated carbocycles. The van der Waals surface area contributed by atoms with Crippen LogP contribution in [0.5, 0.6) is 5.75 Å². The minimum atomic E-state index is -2.71. The highest BCUT2D eigenvalue weighted by Gasteiger charge is 2.26. The summed E-state index contributed by atoms with van der Waals surface area (Å²) >= 11 is 0. The molecule has 0 amide bonds. The molecule has 4 nitrogen and oxygen atoms in total. The van der Waals surface area contributed by atoms with Crippen molar-refractivity contribution in [2.24, 2.45) is 0 Å². The molecule has 3 aromatic carbocycles. The predicted molar refractivity (Wildman–Crippen MR) is 115 cm³/mol. The van der Waals surface area contributed by atoms with Crippen molar-refractivity contribution < 1.29 is 23.4 Å². The van der Waals surface area contributed by atoms with E-state index in [-0.39, 0.29) is 12.0 Å². The van der Waals surface area contributed by atoms with Crippen molar-refractivity contribution in [2.45, 2.75) is 26.2 Å². The van der Waals surface area contributed by atoms with E-state index in [1.165, 1.54) is 0 Å². The van der Waals surface area contributed by atoms with E-state index >= 15 is 0 Å². The standard InChI is InChI=1S/C25H19F2NO3/c1-13-18(12-20(29)30)23(16-5-3-2-4-15(16)21(13)25(26)27)17-6-7-19-22-14(9-11-31-19)8-10-28-24(17)22/h2-8,10,25H,9,11-12H2,1H3,(H,29,30). The van der Waals surface area contributed by atoms with Crippen molar-refractivity contribution in [3.63, 3.8) is 0 Å². The molecule has 1 aliphatic heterocycles. The van der Waals surface area contributed by atoms with Crippen LogP contribution in [0.4, 0.5) is 8.78 Å². The van der Waals surface area contributed by atoms with Gasteiger partial charge >= 0.3 is 5.97 Å². The number of pyridine rings is 1. The predicted octanol–water partition coefficient (Wildman–Crippen LogP) is 5.86. The molecule has 31 heavy (non-hydrogen) atoms. The Morgan fingerprint density at radius 3 is 2.68 bits per heavy atom. The monoisotopic (exact) mass is 419 g/mol. The number of benzene rings is 3. The number of carboxylic acids is 1. The highest BCUT2D eigenvalue weighted by atomic mass is 19.3. The van der Waals surface area contributed by atoms with Crippen LogP contribution in [0.1, 0.15) is 28.7 Å². The third-order valence-electron chi connectivity index (χ3n) is 6.03. The number of carboxylic acid groups (broad SMARTS) is 1. The molecule has 0 unspecified atom stereocenters. The van der Waals surface area contributed by atoms with E-state index in [0.29, 0.717) is 39.6 Å². The Balaban J connectivity index is 1.96. The van der Waals surface area contributed by atoms with Gasteiger partial charge in [0.2, 0.25) is 0 Å². The van der Waals surface area contributed by atoms with E-state index in [2.05, 4.69) is 4.98 Å². The van der Waals surface area contributed by atoms with Gasteiger partial charge in [-0.2, -0.15) is 0 Å². The molecule has 0 atom stereocenters. The van der Waals surface area contributed by atoms with E-state index < -0.39 is 12.4 Å². The minimum Gasteiger partial charge on any atom is -0.493 e. The number of aromatic nitrogens is 1. The summed E-state index contributed by atoms with van der Waals surface area (Å²) in [5.41, 5.74) is 3.75. The summed E-state index contributed by atoms with van der Waals surface area (Å²) in [5.74, 6) is -0.336. The van der Waals surface area contributed by atoms with Gasteiger partial charge in [0.05, 0.1) is 18.5 Å². The first-order valence-electron chi connectivity index (χ1n) is 10.0. The van der Waals surface area contributed by atoms with Gasteiger partial charge in [-0.3, -0.25) is 9.78 Å². The summed E-state index contributed by atoms with van der Waals surface area (Å²) < 4.78 is 33.9. The summed E-state index contributed by atoms with van der Waals surface area (Å²) in [6, 6.07) is 12.6. The van der Waals surface area contributed by atoms with Crippen molar-refractivity contribution in [3.8, 4) is 16.9 Å². The number of fused-ring (bicyclic) bond motifs is 1. The van der Waals surface area contributed by atoms with Crippen molar-refractivity contribution in [1.29, 1.82) is 0 Å². The van der Waals surface area contributed by atoms with Crippen LogP contribution in [0.15, 0.2) is 48.7 Å². The minimum absolute atomic E-state index is 0.116. The second kappa shape index (κ2) is 7.30. The summed E-state index contributed by atoms with van der Waals surface area (Å²) in [5, 5.41) is 11.5. The molecule has 2 heterocycles. The van der Waals surface area contributed by atoms with Gasteiger partial charge in [-0.1, -0.05) is 24.3 Å². The Morgan fingerprint density at radius 1 is 1.16 bits per heavy atom. The molecular formula is C25H19F2NO3. The molecule has 0 saturated heterocycles. The van der Waals surface area contributed by atoms with E-state index in [1.54, 1.807) is 37.4 Å². The lowest BCUT2D eigenvalue weighted by Gasteiger charge is -2.23. The number of halogens is 2. The normalized spacial score (nSPS) is 13.0. The molecule has 4 aromatic rings. The van der Waals surface area contributed by atoms with Crippen molar-refractivity contribution in [1.82, 2.24) is 4.98 Å². The van der Waals surface area contributed by atoms with Crippen molar-refractivity contribution in [3.05, 3.63) is 70.9 Å². The number of nitrogens with zero attached hydrogens (tertiary/aromatic N) is 1. The van der Waals surface area contributed by atoms with E-state index in [9.17, 15) is 18.7 Å². The highest BCUT2D eigenvalue weighted by molar-refractivity contribution is 6.09. The maximum Gasteiger partial charge on any atom is 0.307 e. The molecular weight excluding hydrogens is 400 g/mol. The smallest absolute Gasteiger partial charge is 0.307 e. The summed E-state index contributed by atoms with van der Waals surface area (Å²) in [4.78, 5) is 16.3. The molecule has 1 N–H and O–H groups in total. The first kappa shape index (κ1) is 19.4. The van der Waals surface area contributed by atoms with Gasteiger partial charge in [-0.05, 0) is 58.1 Å². The van der Waals surface area contributed by atoms with Gasteiger partial charge in [0.15, 0.2) is 0 Å². The maximum absolute atomic E-state index is 14.0. The molecule has 0 bridgehead atoms. The highest BCUT2D eigenvalue weighted by Crippen LogP contribution is 2.45. The van der Waals surface area contributed by atoms with E-state index in [0.717, 1.165) is 28.7 Å². The molecule has 0 radical (unpaired) electrons. The van der Waals surface area contributed by atoms with Crippen LogP contribution >= 0.6 is 0 Å². The molecule has 1 aliphatic rings. The van der Waals surface area contributed by atoms with Gasteiger partial charge in [-0.25, -0.2) is 8.78 Å². The van der Waals surface area contributed by atoms with Gasteiger partial charge in [0.25, 0.3) is 6.43 Å². The first-order valence-corrected chi connectivity index (χ1v) is 10.0. The Kier molecular flexibility index (Phi) is 4.58. The molecule has 156 valence electrons. The van der Waals surface area contributed by atoms with Crippen LogP contribution in [-0.2, 0) is 17.6 Å². The van der Waals surface area contributed by atoms with Crippen LogP contribution in [0.2, 0.25) is 0 Å². The third kappa shape index (κ3) is 3.02. The van der Waals surface area contributed by atoms with Crippen LogP contribution in [0.25, 0.3) is 32.8 Å². The second-order valence-electron chi connectivity index (χ2n) is 7.71. The number of rotatable bonds is 4. The fourth-order valence-electron chi connectivity index (χ4n) is 4.72. The van der Waals surface area contributed by atoms with Gasteiger partial charge in [0.1, 0.15) is 5.75 Å². The number of carbonyl (C=O) groups is 1. The van der Waals surface area contributed by atoms with Crippen molar-refractivity contribution in [2.75, 3.05) is 6.61 Å². The lowest BCUT2D eigenvalue weighted by Crippen LogP contribution is -2.10. The van der Waals surface area contributed by atoms with Crippen LogP contribution in [-0.4, -0.2) is 22.7 Å². The zero-order chi connectivity index (χ0) is 21.7. The number of aliphatic carboxylic acids is 1. The van der Waals surface area contributed by atoms with Crippen LogP contribution in [0, 0.1) is 6.92 Å². The van der Waals surface area contributed by atoms with E-state index in [4.69, 9.17) is 4.74 Å². The number of hydrogen-bond donors (Lipinski definition) is 1. The quantitative estimate of drug-likeness (QED) is 0.450. The Bertz CT molecular complexity index is 1350. The zero-order valence-corrected chi connectivity index (χ0v) is 16.8. The Labute approximate surface area is 177 Å². The molecule has 0 spiro atoms. The fraction of sp³-hybridized carbons (Fsp3) is 0.200. The lowest BCUT2D eigenvalue weighted by atomic mass is 9.84. The zero-order valence-electron chi connectivity index (χ0n) is 16.8. The largest absolute Gasteiger partial charge is 0.493 e. The van der Waals surface area contributed by atoms with Gasteiger partial charge in [-0.15, -0.1) is 0 Å². The molecule has 0 aliphatic carbocycles. The summed E-state index contributed by atoms with van der Waals surface area (Å²) in [7, 11) is 0. The third-order valence-corrected chi connectivity index (χ3v) is 6.03. The molecule has 0 fully saturated rings. The van der Waals surface area contributed by atoms with Crippen LogP contribution < -0.4 is 4.74 Å². The average molecular weight is 419 g/mol. The molecule has 5 rings (SSSR count). The number of ether oxygens (including phenoxy) is 1. The summed E-state index contributed by atoms with van der Waals surface area (Å²) in [6.07, 6.45) is -0.586. The number of alkyl halides is 2. The number of hydrogen-bond acceptors (Lipinski definition) is 3. The molecule has 6 heteroatoms. The fourth-order valence-corrected chi connectivity index (χ4v) is 4.72. The SMILES string of the molecule is Cc1c(CC(=O)O)c(-c2ccc3c4c(ccnc24)CCO3)c2ccccc2c1C(F)F. The second-order valence-corrected chi connectivity index (χ2v) is 7.71. The lowest BCUT2D eigenvalue weighted by molar-refractivity contribution is -0.136. The summed E-state index contributed by atoms with van der Waals surface area (Å²) in [6.45, 7) is 2.16. The van der Waals surface area contributed by atoms with Crippen LogP contribution in [0.3, 0.4) is 0 Å². The molecule has 1 aromatic heterocycles. The van der Waals surface area contributed by atoms with Crippen molar-refractivity contribution >= 4 is 27.6 Å².